The molecule has 18 heavy (non-hydrogen) atoms. The smallest absolute Gasteiger partial charge is 0.303 e. The highest BCUT2D eigenvalue weighted by atomic mass is 79.9. The number of nitrogens with zero attached hydrogens (tertiary/aromatic N) is 1. The van der Waals surface area contributed by atoms with Gasteiger partial charge in [-0.15, -0.1) is 0 Å². The van der Waals surface area contributed by atoms with Gasteiger partial charge in [-0.1, -0.05) is 41.9 Å². The number of benzene rings is 1. The first-order valence-corrected chi connectivity index (χ1v) is 6.67. The van der Waals surface area contributed by atoms with Crippen LogP contribution in [-0.2, 0) is 4.79 Å². The van der Waals surface area contributed by atoms with Gasteiger partial charge in [0, 0.05) is 10.5 Å². The number of carboxylic acids is 1. The fraction of sp³-hybridized carbons (Fsp3) is 0.500. The Kier molecular flexibility index (Phi) is 4.93. The van der Waals surface area contributed by atoms with E-state index in [0.717, 1.165) is 10.0 Å². The Bertz CT molecular complexity index is 412. The van der Waals surface area contributed by atoms with Crippen LogP contribution in [-0.4, -0.2) is 30.1 Å². The van der Waals surface area contributed by atoms with Gasteiger partial charge in [0.25, 0.3) is 0 Å². The second kappa shape index (κ2) is 5.85. The predicted octanol–water partition coefficient (Wildman–Crippen LogP) is 3.55. The molecule has 1 N–H and O–H groups in total. The Morgan fingerprint density at radius 3 is 2.22 bits per heavy atom. The van der Waals surface area contributed by atoms with Crippen LogP contribution in [0.1, 0.15) is 31.9 Å². The molecule has 0 fully saturated rings. The zero-order chi connectivity index (χ0) is 13.9. The zero-order valence-electron chi connectivity index (χ0n) is 11.3. The van der Waals surface area contributed by atoms with E-state index in [2.05, 4.69) is 20.8 Å². The summed E-state index contributed by atoms with van der Waals surface area (Å²) in [7, 11) is 3.96. The zero-order valence-corrected chi connectivity index (χ0v) is 12.9. The number of hydrogen-bond acceptors (Lipinski definition) is 2. The molecule has 0 aliphatic rings. The predicted molar refractivity (Wildman–Crippen MR) is 76.6 cm³/mol. The molecular weight excluding hydrogens is 294 g/mol. The summed E-state index contributed by atoms with van der Waals surface area (Å²) in [5, 5.41) is 9.04. The first-order chi connectivity index (χ1) is 8.24. The largest absolute Gasteiger partial charge is 0.481 e. The minimum atomic E-state index is -0.760. The Hall–Kier alpha value is -0.870. The monoisotopic (exact) mass is 313 g/mol. The van der Waals surface area contributed by atoms with E-state index in [1.165, 1.54) is 0 Å². The molecule has 0 amide bonds. The highest BCUT2D eigenvalue weighted by molar-refractivity contribution is 9.10. The van der Waals surface area contributed by atoms with Gasteiger partial charge in [0.05, 0.1) is 6.42 Å². The third-order valence-electron chi connectivity index (χ3n) is 3.05. The van der Waals surface area contributed by atoms with Crippen LogP contribution < -0.4 is 0 Å². The second-order valence-electron chi connectivity index (χ2n) is 5.48. The van der Waals surface area contributed by atoms with Crippen molar-refractivity contribution in [2.45, 2.75) is 26.3 Å². The molecule has 0 spiro atoms. The lowest BCUT2D eigenvalue weighted by Crippen LogP contribution is -2.35. The van der Waals surface area contributed by atoms with Crippen LogP contribution in [0, 0.1) is 5.41 Å². The van der Waals surface area contributed by atoms with Gasteiger partial charge < -0.3 is 10.0 Å². The average Bonchev–Trinajstić information content (AvgIpc) is 2.18. The van der Waals surface area contributed by atoms with Crippen LogP contribution in [0.4, 0.5) is 0 Å². The molecule has 0 aromatic heterocycles. The number of rotatable bonds is 5. The van der Waals surface area contributed by atoms with E-state index in [9.17, 15) is 4.79 Å². The molecular formula is C14H20BrNO2. The van der Waals surface area contributed by atoms with Gasteiger partial charge in [0.2, 0.25) is 0 Å². The van der Waals surface area contributed by atoms with E-state index in [1.54, 1.807) is 0 Å². The van der Waals surface area contributed by atoms with Gasteiger partial charge in [0.1, 0.15) is 0 Å². The minimum absolute atomic E-state index is 0.0710. The van der Waals surface area contributed by atoms with E-state index in [0.29, 0.717) is 0 Å². The van der Waals surface area contributed by atoms with Gasteiger partial charge in [-0.3, -0.25) is 4.79 Å². The Morgan fingerprint density at radius 2 is 1.83 bits per heavy atom. The fourth-order valence-corrected chi connectivity index (χ4v) is 2.84. The maximum atomic E-state index is 11.0. The first-order valence-electron chi connectivity index (χ1n) is 5.88. The summed E-state index contributed by atoms with van der Waals surface area (Å²) < 4.78 is 1.03. The van der Waals surface area contributed by atoms with Crippen molar-refractivity contribution in [2.24, 2.45) is 5.41 Å². The molecule has 0 aliphatic heterocycles. The maximum absolute atomic E-state index is 11.0. The summed E-state index contributed by atoms with van der Waals surface area (Å²) in [6.45, 7) is 3.99. The van der Waals surface area contributed by atoms with Gasteiger partial charge in [-0.2, -0.15) is 0 Å². The van der Waals surface area contributed by atoms with Crippen LogP contribution in [0.3, 0.4) is 0 Å². The van der Waals surface area contributed by atoms with Crippen molar-refractivity contribution < 1.29 is 9.90 Å². The van der Waals surface area contributed by atoms with Gasteiger partial charge >= 0.3 is 5.97 Å². The van der Waals surface area contributed by atoms with Crippen molar-refractivity contribution in [3.05, 3.63) is 34.3 Å². The van der Waals surface area contributed by atoms with E-state index >= 15 is 0 Å². The average molecular weight is 314 g/mol. The summed E-state index contributed by atoms with van der Waals surface area (Å²) in [5.74, 6) is -0.760. The maximum Gasteiger partial charge on any atom is 0.303 e. The van der Waals surface area contributed by atoms with Gasteiger partial charge in [-0.25, -0.2) is 0 Å². The molecule has 1 rings (SSSR count). The third-order valence-corrected chi connectivity index (χ3v) is 3.58. The number of halogens is 1. The molecule has 1 aromatic carbocycles. The van der Waals surface area contributed by atoms with Crippen LogP contribution in [0.5, 0.6) is 0 Å². The van der Waals surface area contributed by atoms with Crippen LogP contribution in [0.2, 0.25) is 0 Å². The Balaban J connectivity index is 3.09. The Morgan fingerprint density at radius 1 is 1.33 bits per heavy atom. The molecule has 100 valence electrons. The summed E-state index contributed by atoms with van der Waals surface area (Å²) in [5.41, 5.74) is 0.804. The first kappa shape index (κ1) is 15.2. The SMILES string of the molecule is CN(C)C(c1ccc(Br)cc1)C(C)(C)CC(=O)O. The molecule has 1 unspecified atom stereocenters. The normalized spacial score (nSPS) is 13.7. The van der Waals surface area contributed by atoms with Crippen molar-refractivity contribution >= 4 is 21.9 Å². The topological polar surface area (TPSA) is 40.5 Å². The van der Waals surface area contributed by atoms with Crippen molar-refractivity contribution in [2.75, 3.05) is 14.1 Å². The molecule has 0 saturated heterocycles. The van der Waals surface area contributed by atoms with Crippen molar-refractivity contribution in [1.29, 1.82) is 0 Å². The fourth-order valence-electron chi connectivity index (χ4n) is 2.58. The second-order valence-corrected chi connectivity index (χ2v) is 6.39. The van der Waals surface area contributed by atoms with Crippen molar-refractivity contribution in [1.82, 2.24) is 4.90 Å². The minimum Gasteiger partial charge on any atom is -0.481 e. The molecule has 0 radical (unpaired) electrons. The summed E-state index contributed by atoms with van der Waals surface area (Å²) in [6.07, 6.45) is 0.145. The van der Waals surface area contributed by atoms with E-state index < -0.39 is 5.97 Å². The molecule has 0 bridgehead atoms. The number of carbonyl (C=O) groups is 1. The molecule has 1 aromatic rings. The molecule has 0 aliphatic carbocycles. The third kappa shape index (κ3) is 3.82. The highest BCUT2D eigenvalue weighted by Crippen LogP contribution is 2.40. The van der Waals surface area contributed by atoms with Gasteiger partial charge in [0.15, 0.2) is 0 Å². The van der Waals surface area contributed by atoms with Crippen molar-refractivity contribution in [3.63, 3.8) is 0 Å². The quantitative estimate of drug-likeness (QED) is 0.903. The van der Waals surface area contributed by atoms with Crippen molar-refractivity contribution in [3.8, 4) is 0 Å². The molecule has 0 heterocycles. The van der Waals surface area contributed by atoms with Crippen LogP contribution in [0.25, 0.3) is 0 Å². The number of aliphatic carboxylic acids is 1. The molecule has 4 heteroatoms. The van der Waals surface area contributed by atoms with E-state index in [1.807, 2.05) is 52.2 Å². The number of hydrogen-bond donors (Lipinski definition) is 1. The molecule has 1 atom stereocenters. The van der Waals surface area contributed by atoms with E-state index in [-0.39, 0.29) is 17.9 Å². The van der Waals surface area contributed by atoms with Crippen LogP contribution >= 0.6 is 15.9 Å². The summed E-state index contributed by atoms with van der Waals surface area (Å²) in [4.78, 5) is 13.1. The lowest BCUT2D eigenvalue weighted by Gasteiger charge is -2.38. The standard InChI is InChI=1S/C14H20BrNO2/c1-14(2,9-12(17)18)13(16(3)4)10-5-7-11(15)8-6-10/h5-8,13H,9H2,1-4H3,(H,17,18). The van der Waals surface area contributed by atoms with Crippen LogP contribution in [0.15, 0.2) is 28.7 Å². The summed E-state index contributed by atoms with van der Waals surface area (Å²) in [6, 6.07) is 8.13. The highest BCUT2D eigenvalue weighted by Gasteiger charge is 2.34. The number of carboxylic acid groups (broad SMARTS) is 1. The van der Waals surface area contributed by atoms with Gasteiger partial charge in [-0.05, 0) is 37.2 Å². The molecule has 3 nitrogen and oxygen atoms in total. The Labute approximate surface area is 117 Å². The lowest BCUT2D eigenvalue weighted by atomic mass is 9.77. The molecule has 0 saturated carbocycles. The summed E-state index contributed by atoms with van der Waals surface area (Å²) >= 11 is 3.41. The lowest BCUT2D eigenvalue weighted by molar-refractivity contribution is -0.140. The van der Waals surface area contributed by atoms with E-state index in [4.69, 9.17) is 5.11 Å².